The van der Waals surface area contributed by atoms with Crippen LogP contribution >= 0.6 is 0 Å². The molecule has 0 aliphatic heterocycles. The molecule has 0 radical (unpaired) electrons. The maximum atomic E-state index is 6.08. The summed E-state index contributed by atoms with van der Waals surface area (Å²) in [6.45, 7) is 5.86. The fourth-order valence-corrected chi connectivity index (χ4v) is 1.75. The Morgan fingerprint density at radius 3 is 2.80 bits per heavy atom. The van der Waals surface area contributed by atoms with Crippen LogP contribution in [0.1, 0.15) is 30.4 Å². The molecule has 0 saturated heterocycles. The zero-order valence-corrected chi connectivity index (χ0v) is 9.58. The van der Waals surface area contributed by atoms with Crippen molar-refractivity contribution in [2.75, 3.05) is 0 Å². The molecule has 0 aliphatic rings. The SMILES string of the molecule is C=CCCCC(N)Cc1ccccc1C. The van der Waals surface area contributed by atoms with Crippen LogP contribution < -0.4 is 5.73 Å². The van der Waals surface area contributed by atoms with E-state index in [0.717, 1.165) is 25.7 Å². The van der Waals surface area contributed by atoms with Crippen molar-refractivity contribution < 1.29 is 0 Å². The van der Waals surface area contributed by atoms with E-state index in [1.165, 1.54) is 11.1 Å². The van der Waals surface area contributed by atoms with E-state index in [-0.39, 0.29) is 6.04 Å². The van der Waals surface area contributed by atoms with Crippen molar-refractivity contribution >= 4 is 0 Å². The van der Waals surface area contributed by atoms with Gasteiger partial charge in [-0.05, 0) is 43.7 Å². The van der Waals surface area contributed by atoms with Crippen molar-refractivity contribution in [2.24, 2.45) is 5.73 Å². The Kier molecular flexibility index (Phi) is 5.13. The number of rotatable bonds is 6. The van der Waals surface area contributed by atoms with E-state index in [4.69, 9.17) is 5.73 Å². The number of nitrogens with two attached hydrogens (primary N) is 1. The van der Waals surface area contributed by atoms with Crippen LogP contribution in [-0.2, 0) is 6.42 Å². The lowest BCUT2D eigenvalue weighted by Crippen LogP contribution is -2.22. The van der Waals surface area contributed by atoms with E-state index < -0.39 is 0 Å². The van der Waals surface area contributed by atoms with Crippen molar-refractivity contribution in [3.63, 3.8) is 0 Å². The van der Waals surface area contributed by atoms with Crippen LogP contribution in [0.2, 0.25) is 0 Å². The van der Waals surface area contributed by atoms with Crippen molar-refractivity contribution in [1.82, 2.24) is 0 Å². The fraction of sp³-hybridized carbons (Fsp3) is 0.429. The zero-order valence-electron chi connectivity index (χ0n) is 9.58. The molecule has 1 nitrogen and oxygen atoms in total. The molecule has 1 unspecified atom stereocenters. The van der Waals surface area contributed by atoms with Crippen molar-refractivity contribution in [1.29, 1.82) is 0 Å². The molecule has 0 heterocycles. The highest BCUT2D eigenvalue weighted by Crippen LogP contribution is 2.11. The average molecular weight is 203 g/mol. The van der Waals surface area contributed by atoms with E-state index in [1.807, 2.05) is 6.08 Å². The lowest BCUT2D eigenvalue weighted by Gasteiger charge is -2.12. The Hall–Kier alpha value is -1.08. The fourth-order valence-electron chi connectivity index (χ4n) is 1.75. The van der Waals surface area contributed by atoms with Gasteiger partial charge in [-0.2, -0.15) is 0 Å². The zero-order chi connectivity index (χ0) is 11.1. The summed E-state index contributed by atoms with van der Waals surface area (Å²) >= 11 is 0. The first kappa shape index (κ1) is 12.0. The van der Waals surface area contributed by atoms with Crippen LogP contribution in [0.4, 0.5) is 0 Å². The van der Waals surface area contributed by atoms with Gasteiger partial charge < -0.3 is 5.73 Å². The van der Waals surface area contributed by atoms with E-state index in [9.17, 15) is 0 Å². The number of allylic oxidation sites excluding steroid dienone is 1. The minimum absolute atomic E-state index is 0.283. The van der Waals surface area contributed by atoms with Gasteiger partial charge in [-0.1, -0.05) is 30.3 Å². The summed E-state index contributed by atoms with van der Waals surface area (Å²) in [5.74, 6) is 0. The van der Waals surface area contributed by atoms with Gasteiger partial charge in [-0.3, -0.25) is 0 Å². The highest BCUT2D eigenvalue weighted by molar-refractivity contribution is 5.26. The lowest BCUT2D eigenvalue weighted by atomic mass is 9.98. The Labute approximate surface area is 93.0 Å². The van der Waals surface area contributed by atoms with Gasteiger partial charge in [-0.25, -0.2) is 0 Å². The van der Waals surface area contributed by atoms with Crippen LogP contribution in [0.25, 0.3) is 0 Å². The summed E-state index contributed by atoms with van der Waals surface area (Å²) in [6.07, 6.45) is 6.25. The Morgan fingerprint density at radius 1 is 1.40 bits per heavy atom. The Morgan fingerprint density at radius 2 is 2.13 bits per heavy atom. The summed E-state index contributed by atoms with van der Waals surface area (Å²) in [5.41, 5.74) is 8.80. The predicted molar refractivity (Wildman–Crippen MR) is 66.9 cm³/mol. The van der Waals surface area contributed by atoms with Gasteiger partial charge in [0.15, 0.2) is 0 Å². The van der Waals surface area contributed by atoms with Crippen LogP contribution in [0.15, 0.2) is 36.9 Å². The maximum Gasteiger partial charge on any atom is 0.00795 e. The van der Waals surface area contributed by atoms with Gasteiger partial charge in [0.25, 0.3) is 0 Å². The van der Waals surface area contributed by atoms with Gasteiger partial charge in [0, 0.05) is 6.04 Å². The minimum Gasteiger partial charge on any atom is -0.327 e. The lowest BCUT2D eigenvalue weighted by molar-refractivity contribution is 0.583. The second kappa shape index (κ2) is 6.41. The monoisotopic (exact) mass is 203 g/mol. The largest absolute Gasteiger partial charge is 0.327 e. The van der Waals surface area contributed by atoms with Gasteiger partial charge in [0.1, 0.15) is 0 Å². The highest BCUT2D eigenvalue weighted by atomic mass is 14.6. The third kappa shape index (κ3) is 4.30. The van der Waals surface area contributed by atoms with Gasteiger partial charge in [0.05, 0.1) is 0 Å². The summed E-state index contributed by atoms with van der Waals surface area (Å²) in [7, 11) is 0. The molecule has 0 aliphatic carbocycles. The first-order chi connectivity index (χ1) is 7.24. The Bertz CT molecular complexity index is 304. The van der Waals surface area contributed by atoms with Crippen LogP contribution in [0.5, 0.6) is 0 Å². The summed E-state index contributed by atoms with van der Waals surface area (Å²) in [4.78, 5) is 0. The van der Waals surface area contributed by atoms with E-state index in [1.54, 1.807) is 0 Å². The van der Waals surface area contributed by atoms with E-state index in [2.05, 4.69) is 37.8 Å². The molecule has 0 amide bonds. The van der Waals surface area contributed by atoms with Crippen LogP contribution in [0, 0.1) is 6.92 Å². The van der Waals surface area contributed by atoms with Gasteiger partial charge in [-0.15, -0.1) is 6.58 Å². The van der Waals surface area contributed by atoms with Crippen LogP contribution in [-0.4, -0.2) is 6.04 Å². The molecular formula is C14H21N. The molecule has 0 saturated carbocycles. The smallest absolute Gasteiger partial charge is 0.00795 e. The standard InChI is InChI=1S/C14H21N/c1-3-4-5-10-14(15)11-13-9-7-6-8-12(13)2/h3,6-9,14H,1,4-5,10-11,15H2,2H3. The molecule has 82 valence electrons. The number of benzene rings is 1. The van der Waals surface area contributed by atoms with Crippen molar-refractivity contribution in [2.45, 2.75) is 38.6 Å². The molecule has 1 rings (SSSR count). The number of hydrogen-bond acceptors (Lipinski definition) is 1. The molecule has 1 heteroatoms. The van der Waals surface area contributed by atoms with Gasteiger partial charge >= 0.3 is 0 Å². The molecular weight excluding hydrogens is 182 g/mol. The number of aryl methyl sites for hydroxylation is 1. The molecule has 2 N–H and O–H groups in total. The summed E-state index contributed by atoms with van der Waals surface area (Å²) in [5, 5.41) is 0. The quantitative estimate of drug-likeness (QED) is 0.557. The second-order valence-electron chi connectivity index (χ2n) is 4.11. The van der Waals surface area contributed by atoms with E-state index >= 15 is 0 Å². The predicted octanol–water partition coefficient (Wildman–Crippen LogP) is 3.22. The first-order valence-corrected chi connectivity index (χ1v) is 5.65. The highest BCUT2D eigenvalue weighted by Gasteiger charge is 2.04. The topological polar surface area (TPSA) is 26.0 Å². The second-order valence-corrected chi connectivity index (χ2v) is 4.11. The Balaban J connectivity index is 2.40. The molecule has 0 fully saturated rings. The molecule has 15 heavy (non-hydrogen) atoms. The van der Waals surface area contributed by atoms with Crippen molar-refractivity contribution in [3.8, 4) is 0 Å². The molecule has 1 atom stereocenters. The van der Waals surface area contributed by atoms with Crippen LogP contribution in [0.3, 0.4) is 0 Å². The number of unbranched alkanes of at least 4 members (excludes halogenated alkanes) is 1. The normalized spacial score (nSPS) is 12.4. The number of hydrogen-bond donors (Lipinski definition) is 1. The third-order valence-electron chi connectivity index (χ3n) is 2.73. The first-order valence-electron chi connectivity index (χ1n) is 5.65. The molecule has 0 spiro atoms. The minimum atomic E-state index is 0.283. The third-order valence-corrected chi connectivity index (χ3v) is 2.73. The molecule has 0 aromatic heterocycles. The summed E-state index contributed by atoms with van der Waals surface area (Å²) in [6, 6.07) is 8.75. The summed E-state index contributed by atoms with van der Waals surface area (Å²) < 4.78 is 0. The molecule has 1 aromatic carbocycles. The van der Waals surface area contributed by atoms with Crippen molar-refractivity contribution in [3.05, 3.63) is 48.0 Å². The van der Waals surface area contributed by atoms with Gasteiger partial charge in [0.2, 0.25) is 0 Å². The molecule has 1 aromatic rings. The van der Waals surface area contributed by atoms with E-state index in [0.29, 0.717) is 0 Å². The maximum absolute atomic E-state index is 6.08. The average Bonchev–Trinajstić information content (AvgIpc) is 2.22. The molecule has 0 bridgehead atoms.